The van der Waals surface area contributed by atoms with Crippen LogP contribution in [0, 0.1) is 11.5 Å². The Bertz CT molecular complexity index is 495. The van der Waals surface area contributed by atoms with Crippen molar-refractivity contribution in [2.24, 2.45) is 4.99 Å². The van der Waals surface area contributed by atoms with Crippen molar-refractivity contribution in [3.05, 3.63) is 35.9 Å². The molecule has 1 aromatic carbocycles. The van der Waals surface area contributed by atoms with Crippen molar-refractivity contribution in [2.75, 3.05) is 13.1 Å². The van der Waals surface area contributed by atoms with Crippen molar-refractivity contribution in [2.45, 2.75) is 44.4 Å². The molecular formula is C17H24N4. The summed E-state index contributed by atoms with van der Waals surface area (Å²) in [4.78, 5) is 4.65. The SMILES string of the molecule is CCNC(=NCC1(c2ccccc2)CCCCC1)NC#N. The number of rotatable bonds is 4. The summed E-state index contributed by atoms with van der Waals surface area (Å²) in [5.74, 6) is 0.584. The first-order valence-corrected chi connectivity index (χ1v) is 7.80. The first kappa shape index (κ1) is 15.4. The molecule has 2 rings (SSSR count). The van der Waals surface area contributed by atoms with E-state index in [1.807, 2.05) is 13.1 Å². The molecule has 0 spiro atoms. The zero-order chi connectivity index (χ0) is 15.0. The second-order valence-corrected chi connectivity index (χ2v) is 5.64. The van der Waals surface area contributed by atoms with Crippen LogP contribution in [-0.4, -0.2) is 19.0 Å². The smallest absolute Gasteiger partial charge is 0.204 e. The summed E-state index contributed by atoms with van der Waals surface area (Å²) in [5.41, 5.74) is 1.50. The number of aliphatic imine (C=N–C) groups is 1. The molecule has 0 amide bonds. The molecule has 1 fully saturated rings. The highest BCUT2D eigenvalue weighted by molar-refractivity contribution is 5.81. The van der Waals surface area contributed by atoms with E-state index in [0.29, 0.717) is 5.96 Å². The lowest BCUT2D eigenvalue weighted by Crippen LogP contribution is -2.38. The standard InChI is InChI=1S/C17H24N4/c1-2-19-16(21-14-18)20-13-17(11-7-4-8-12-17)15-9-5-3-6-10-15/h3,5-6,9-10H,2,4,7-8,11-13H2,1H3,(H2,19,20,21). The van der Waals surface area contributed by atoms with E-state index in [4.69, 9.17) is 5.26 Å². The van der Waals surface area contributed by atoms with E-state index >= 15 is 0 Å². The maximum absolute atomic E-state index is 8.80. The summed E-state index contributed by atoms with van der Waals surface area (Å²) in [6.07, 6.45) is 8.12. The zero-order valence-corrected chi connectivity index (χ0v) is 12.7. The lowest BCUT2D eigenvalue weighted by atomic mass is 9.69. The van der Waals surface area contributed by atoms with Gasteiger partial charge in [0.2, 0.25) is 5.96 Å². The highest BCUT2D eigenvalue weighted by atomic mass is 15.2. The number of benzene rings is 1. The van der Waals surface area contributed by atoms with Crippen LogP contribution in [0.4, 0.5) is 0 Å². The van der Waals surface area contributed by atoms with Gasteiger partial charge < -0.3 is 5.32 Å². The minimum absolute atomic E-state index is 0.122. The van der Waals surface area contributed by atoms with Crippen molar-refractivity contribution < 1.29 is 0 Å². The third-order valence-electron chi connectivity index (χ3n) is 4.26. The number of hydrogen-bond acceptors (Lipinski definition) is 2. The zero-order valence-electron chi connectivity index (χ0n) is 12.7. The number of guanidine groups is 1. The van der Waals surface area contributed by atoms with Gasteiger partial charge in [0.25, 0.3) is 0 Å². The highest BCUT2D eigenvalue weighted by Crippen LogP contribution is 2.39. The molecule has 1 saturated carbocycles. The Balaban J connectivity index is 2.21. The average Bonchev–Trinajstić information content (AvgIpc) is 2.55. The Labute approximate surface area is 127 Å². The van der Waals surface area contributed by atoms with Crippen LogP contribution in [0.1, 0.15) is 44.6 Å². The van der Waals surface area contributed by atoms with Gasteiger partial charge in [0, 0.05) is 12.0 Å². The predicted molar refractivity (Wildman–Crippen MR) is 85.9 cm³/mol. The molecule has 1 aromatic rings. The molecule has 0 aromatic heterocycles. The Hall–Kier alpha value is -2.02. The molecule has 112 valence electrons. The lowest BCUT2D eigenvalue weighted by Gasteiger charge is -2.36. The fourth-order valence-electron chi connectivity index (χ4n) is 3.15. The molecule has 4 heteroatoms. The average molecular weight is 284 g/mol. The predicted octanol–water partition coefficient (Wildman–Crippen LogP) is 2.92. The summed E-state index contributed by atoms with van der Waals surface area (Å²) < 4.78 is 0. The van der Waals surface area contributed by atoms with Crippen LogP contribution in [0.15, 0.2) is 35.3 Å². The minimum Gasteiger partial charge on any atom is -0.356 e. The molecular weight excluding hydrogens is 260 g/mol. The van der Waals surface area contributed by atoms with Crippen LogP contribution in [0.3, 0.4) is 0 Å². The van der Waals surface area contributed by atoms with E-state index in [9.17, 15) is 0 Å². The first-order valence-electron chi connectivity index (χ1n) is 7.80. The number of nitrogens with zero attached hydrogens (tertiary/aromatic N) is 2. The van der Waals surface area contributed by atoms with E-state index in [0.717, 1.165) is 13.1 Å². The van der Waals surface area contributed by atoms with Crippen LogP contribution in [0.2, 0.25) is 0 Å². The fraction of sp³-hybridized carbons (Fsp3) is 0.529. The van der Waals surface area contributed by atoms with Gasteiger partial charge in [0.05, 0.1) is 6.54 Å². The fourth-order valence-corrected chi connectivity index (χ4v) is 3.15. The van der Waals surface area contributed by atoms with Crippen molar-refractivity contribution in [3.63, 3.8) is 0 Å². The molecule has 0 aliphatic heterocycles. The van der Waals surface area contributed by atoms with Gasteiger partial charge in [0.15, 0.2) is 6.19 Å². The topological polar surface area (TPSA) is 60.2 Å². The Kier molecular flexibility index (Phi) is 5.62. The van der Waals surface area contributed by atoms with Crippen LogP contribution in [-0.2, 0) is 5.41 Å². The van der Waals surface area contributed by atoms with Crippen LogP contribution in [0.5, 0.6) is 0 Å². The summed E-state index contributed by atoms with van der Waals surface area (Å²) in [5, 5.41) is 14.5. The molecule has 0 atom stereocenters. The van der Waals surface area contributed by atoms with Crippen molar-refractivity contribution >= 4 is 5.96 Å². The molecule has 0 radical (unpaired) electrons. The van der Waals surface area contributed by atoms with Crippen LogP contribution in [0.25, 0.3) is 0 Å². The van der Waals surface area contributed by atoms with Gasteiger partial charge in [-0.3, -0.25) is 10.3 Å². The third kappa shape index (κ3) is 3.98. The lowest BCUT2D eigenvalue weighted by molar-refractivity contribution is 0.301. The van der Waals surface area contributed by atoms with Gasteiger partial charge in [-0.05, 0) is 25.3 Å². The van der Waals surface area contributed by atoms with Gasteiger partial charge >= 0.3 is 0 Å². The molecule has 1 aliphatic rings. The second kappa shape index (κ2) is 7.68. The van der Waals surface area contributed by atoms with Gasteiger partial charge in [0.1, 0.15) is 0 Å². The molecule has 0 unspecified atom stereocenters. The maximum atomic E-state index is 8.80. The quantitative estimate of drug-likeness (QED) is 0.387. The van der Waals surface area contributed by atoms with Crippen molar-refractivity contribution in [3.8, 4) is 6.19 Å². The number of hydrogen-bond donors (Lipinski definition) is 2. The number of nitrogens with one attached hydrogen (secondary N) is 2. The van der Waals surface area contributed by atoms with Crippen molar-refractivity contribution in [1.82, 2.24) is 10.6 Å². The van der Waals surface area contributed by atoms with E-state index in [-0.39, 0.29) is 5.41 Å². The van der Waals surface area contributed by atoms with E-state index < -0.39 is 0 Å². The van der Waals surface area contributed by atoms with Gasteiger partial charge in [-0.25, -0.2) is 0 Å². The van der Waals surface area contributed by atoms with Crippen molar-refractivity contribution in [1.29, 1.82) is 5.26 Å². The van der Waals surface area contributed by atoms with E-state index in [1.165, 1.54) is 37.7 Å². The summed E-state index contributed by atoms with van der Waals surface area (Å²) in [6.45, 7) is 3.49. The molecule has 2 N–H and O–H groups in total. The minimum atomic E-state index is 0.122. The van der Waals surface area contributed by atoms with Crippen LogP contribution >= 0.6 is 0 Å². The molecule has 0 heterocycles. The summed E-state index contributed by atoms with van der Waals surface area (Å²) >= 11 is 0. The third-order valence-corrected chi connectivity index (χ3v) is 4.26. The molecule has 0 bridgehead atoms. The second-order valence-electron chi connectivity index (χ2n) is 5.64. The van der Waals surface area contributed by atoms with Gasteiger partial charge in [-0.15, -0.1) is 0 Å². The number of nitriles is 1. The molecule has 21 heavy (non-hydrogen) atoms. The molecule has 0 saturated heterocycles. The van der Waals surface area contributed by atoms with Gasteiger partial charge in [-0.1, -0.05) is 49.6 Å². The Morgan fingerprint density at radius 1 is 1.24 bits per heavy atom. The highest BCUT2D eigenvalue weighted by Gasteiger charge is 2.33. The largest absolute Gasteiger partial charge is 0.356 e. The van der Waals surface area contributed by atoms with Gasteiger partial charge in [-0.2, -0.15) is 5.26 Å². The normalized spacial score (nSPS) is 17.8. The molecule has 4 nitrogen and oxygen atoms in total. The van der Waals surface area contributed by atoms with Crippen LogP contribution < -0.4 is 10.6 Å². The van der Waals surface area contributed by atoms with E-state index in [1.54, 1.807) is 0 Å². The summed E-state index contributed by atoms with van der Waals surface area (Å²) in [7, 11) is 0. The monoisotopic (exact) mass is 284 g/mol. The Morgan fingerprint density at radius 2 is 1.95 bits per heavy atom. The summed E-state index contributed by atoms with van der Waals surface area (Å²) in [6, 6.07) is 10.7. The maximum Gasteiger partial charge on any atom is 0.204 e. The first-order chi connectivity index (χ1) is 10.3. The van der Waals surface area contributed by atoms with E-state index in [2.05, 4.69) is 46.0 Å². The molecule has 1 aliphatic carbocycles. The Morgan fingerprint density at radius 3 is 2.57 bits per heavy atom.